The quantitative estimate of drug-likeness (QED) is 0.504. The van der Waals surface area contributed by atoms with Gasteiger partial charge in [-0.15, -0.1) is 0 Å². The molecule has 0 aliphatic carbocycles. The molecule has 0 spiro atoms. The van der Waals surface area contributed by atoms with Gasteiger partial charge in [0.25, 0.3) is 0 Å². The molecule has 0 saturated carbocycles. The van der Waals surface area contributed by atoms with Crippen molar-refractivity contribution < 1.29 is 5.11 Å². The SMILES string of the molecule is CC(CO)N(C)c1nc(NN)cn2ccnc12. The first-order chi connectivity index (χ1) is 8.17. The normalized spacial score (nSPS) is 12.7. The molecule has 2 aromatic heterocycles. The van der Waals surface area contributed by atoms with Crippen molar-refractivity contribution in [2.75, 3.05) is 24.0 Å². The van der Waals surface area contributed by atoms with E-state index in [4.69, 9.17) is 5.84 Å². The van der Waals surface area contributed by atoms with E-state index >= 15 is 0 Å². The number of nitrogens with zero attached hydrogens (tertiary/aromatic N) is 4. The average Bonchev–Trinajstić information content (AvgIpc) is 2.83. The van der Waals surface area contributed by atoms with Crippen molar-refractivity contribution in [2.24, 2.45) is 5.84 Å². The van der Waals surface area contributed by atoms with Crippen LogP contribution in [0.15, 0.2) is 18.6 Å². The van der Waals surface area contributed by atoms with E-state index < -0.39 is 0 Å². The summed E-state index contributed by atoms with van der Waals surface area (Å²) in [6.45, 7) is 1.95. The maximum Gasteiger partial charge on any atom is 0.180 e. The molecule has 2 rings (SSSR count). The second-order valence-electron chi connectivity index (χ2n) is 3.89. The Morgan fingerprint density at radius 2 is 2.41 bits per heavy atom. The third-order valence-electron chi connectivity index (χ3n) is 2.76. The molecule has 2 heterocycles. The van der Waals surface area contributed by atoms with E-state index in [0.717, 1.165) is 5.65 Å². The lowest BCUT2D eigenvalue weighted by Crippen LogP contribution is -2.33. The lowest BCUT2D eigenvalue weighted by Gasteiger charge is -2.24. The molecule has 1 unspecified atom stereocenters. The Labute approximate surface area is 98.9 Å². The first-order valence-corrected chi connectivity index (χ1v) is 5.31. The number of likely N-dealkylation sites (N-methyl/N-ethyl adjacent to an activating group) is 1. The second-order valence-corrected chi connectivity index (χ2v) is 3.89. The summed E-state index contributed by atoms with van der Waals surface area (Å²) >= 11 is 0. The van der Waals surface area contributed by atoms with Gasteiger partial charge in [-0.1, -0.05) is 0 Å². The minimum atomic E-state index is -0.0453. The molecule has 7 nitrogen and oxygen atoms in total. The number of hydrazine groups is 1. The van der Waals surface area contributed by atoms with Crippen molar-refractivity contribution in [2.45, 2.75) is 13.0 Å². The van der Waals surface area contributed by atoms with Gasteiger partial charge in [-0.25, -0.2) is 15.8 Å². The fourth-order valence-electron chi connectivity index (χ4n) is 1.55. The van der Waals surface area contributed by atoms with Crippen molar-refractivity contribution >= 4 is 17.3 Å². The topological polar surface area (TPSA) is 91.7 Å². The van der Waals surface area contributed by atoms with Crippen molar-refractivity contribution in [3.8, 4) is 0 Å². The molecule has 0 aromatic carbocycles. The molecule has 0 aliphatic rings. The number of aliphatic hydroxyl groups is 1. The zero-order valence-electron chi connectivity index (χ0n) is 9.83. The number of anilines is 2. The Bertz CT molecular complexity index is 510. The van der Waals surface area contributed by atoms with E-state index in [0.29, 0.717) is 11.6 Å². The summed E-state index contributed by atoms with van der Waals surface area (Å²) in [4.78, 5) is 10.5. The number of nitrogen functional groups attached to an aromatic ring is 1. The van der Waals surface area contributed by atoms with E-state index in [9.17, 15) is 5.11 Å². The second kappa shape index (κ2) is 4.56. The number of aliphatic hydroxyl groups excluding tert-OH is 1. The largest absolute Gasteiger partial charge is 0.394 e. The van der Waals surface area contributed by atoms with Crippen LogP contribution in [0, 0.1) is 0 Å². The molecule has 0 amide bonds. The van der Waals surface area contributed by atoms with Crippen LogP contribution in [0.5, 0.6) is 0 Å². The summed E-state index contributed by atoms with van der Waals surface area (Å²) in [7, 11) is 1.86. The summed E-state index contributed by atoms with van der Waals surface area (Å²) in [5, 5.41) is 9.18. The number of nitrogens with one attached hydrogen (secondary N) is 1. The first-order valence-electron chi connectivity index (χ1n) is 5.31. The fourth-order valence-corrected chi connectivity index (χ4v) is 1.55. The lowest BCUT2D eigenvalue weighted by molar-refractivity contribution is 0.270. The van der Waals surface area contributed by atoms with Gasteiger partial charge in [0.15, 0.2) is 17.3 Å². The summed E-state index contributed by atoms with van der Waals surface area (Å²) < 4.78 is 1.83. The molecule has 4 N–H and O–H groups in total. The highest BCUT2D eigenvalue weighted by Gasteiger charge is 2.15. The van der Waals surface area contributed by atoms with E-state index in [-0.39, 0.29) is 12.6 Å². The number of rotatable bonds is 4. The van der Waals surface area contributed by atoms with Crippen molar-refractivity contribution in [3.63, 3.8) is 0 Å². The standard InChI is InChI=1S/C10H16N6O/c1-7(6-17)15(2)10-9-12-3-4-16(9)5-8(13-10)14-11/h3-5,7,14,17H,6,11H2,1-2H3. The molecular weight excluding hydrogens is 220 g/mol. The van der Waals surface area contributed by atoms with Crippen LogP contribution in [0.3, 0.4) is 0 Å². The average molecular weight is 236 g/mol. The third kappa shape index (κ3) is 2.02. The Morgan fingerprint density at radius 3 is 3.06 bits per heavy atom. The van der Waals surface area contributed by atoms with E-state index in [1.54, 1.807) is 12.4 Å². The maximum absolute atomic E-state index is 9.18. The smallest absolute Gasteiger partial charge is 0.180 e. The predicted octanol–water partition coefficient (Wildman–Crippen LogP) is -0.168. The first kappa shape index (κ1) is 11.6. The van der Waals surface area contributed by atoms with Crippen molar-refractivity contribution in [1.29, 1.82) is 0 Å². The van der Waals surface area contributed by atoms with Crippen LogP contribution in [-0.4, -0.2) is 39.2 Å². The van der Waals surface area contributed by atoms with Gasteiger partial charge in [-0.3, -0.25) is 0 Å². The van der Waals surface area contributed by atoms with Crippen LogP contribution in [0.1, 0.15) is 6.92 Å². The van der Waals surface area contributed by atoms with E-state index in [1.165, 1.54) is 0 Å². The Balaban J connectivity index is 2.53. The number of hydrogen-bond donors (Lipinski definition) is 3. The minimum absolute atomic E-state index is 0.0453. The fraction of sp³-hybridized carbons (Fsp3) is 0.400. The number of aromatic nitrogens is 3. The molecule has 0 fully saturated rings. The Hall–Kier alpha value is -1.86. The zero-order valence-corrected chi connectivity index (χ0v) is 9.83. The van der Waals surface area contributed by atoms with Gasteiger partial charge >= 0.3 is 0 Å². The Kier molecular flexibility index (Phi) is 3.12. The number of nitrogens with two attached hydrogens (primary N) is 1. The molecule has 0 bridgehead atoms. The number of imidazole rings is 1. The number of hydrogen-bond acceptors (Lipinski definition) is 6. The molecule has 92 valence electrons. The lowest BCUT2D eigenvalue weighted by atomic mass is 10.3. The van der Waals surface area contributed by atoms with E-state index in [1.807, 2.05) is 29.5 Å². The van der Waals surface area contributed by atoms with Crippen LogP contribution >= 0.6 is 0 Å². The minimum Gasteiger partial charge on any atom is -0.394 e. The molecule has 7 heteroatoms. The molecule has 0 saturated heterocycles. The van der Waals surface area contributed by atoms with Crippen LogP contribution < -0.4 is 16.2 Å². The van der Waals surface area contributed by atoms with Gasteiger partial charge in [0.2, 0.25) is 0 Å². The van der Waals surface area contributed by atoms with Gasteiger partial charge in [0.05, 0.1) is 18.8 Å². The summed E-state index contributed by atoms with van der Waals surface area (Å²) in [5.74, 6) is 6.59. The molecule has 0 aliphatic heterocycles. The highest BCUT2D eigenvalue weighted by molar-refractivity contribution is 5.66. The molecule has 17 heavy (non-hydrogen) atoms. The molecule has 2 aromatic rings. The van der Waals surface area contributed by atoms with Crippen LogP contribution in [0.25, 0.3) is 5.65 Å². The number of fused-ring (bicyclic) bond motifs is 1. The summed E-state index contributed by atoms with van der Waals surface area (Å²) in [5.41, 5.74) is 3.24. The van der Waals surface area contributed by atoms with Crippen LogP contribution in [-0.2, 0) is 0 Å². The van der Waals surface area contributed by atoms with Gasteiger partial charge in [0.1, 0.15) is 0 Å². The summed E-state index contributed by atoms with van der Waals surface area (Å²) in [6.07, 6.45) is 5.26. The van der Waals surface area contributed by atoms with Crippen molar-refractivity contribution in [3.05, 3.63) is 18.6 Å². The molecule has 1 atom stereocenters. The van der Waals surface area contributed by atoms with Gasteiger partial charge < -0.3 is 19.8 Å². The van der Waals surface area contributed by atoms with Gasteiger partial charge in [-0.2, -0.15) is 0 Å². The summed E-state index contributed by atoms with van der Waals surface area (Å²) in [6, 6.07) is -0.0453. The monoisotopic (exact) mass is 236 g/mol. The molecular formula is C10H16N6O. The van der Waals surface area contributed by atoms with Crippen molar-refractivity contribution in [1.82, 2.24) is 14.4 Å². The maximum atomic E-state index is 9.18. The van der Waals surface area contributed by atoms with E-state index in [2.05, 4.69) is 15.4 Å². The highest BCUT2D eigenvalue weighted by Crippen LogP contribution is 2.20. The van der Waals surface area contributed by atoms with Crippen LogP contribution in [0.2, 0.25) is 0 Å². The Morgan fingerprint density at radius 1 is 1.65 bits per heavy atom. The highest BCUT2D eigenvalue weighted by atomic mass is 16.3. The zero-order chi connectivity index (χ0) is 12.4. The predicted molar refractivity (Wildman–Crippen MR) is 65.7 cm³/mol. The van der Waals surface area contributed by atoms with Gasteiger partial charge in [-0.05, 0) is 6.92 Å². The molecule has 0 radical (unpaired) electrons. The third-order valence-corrected chi connectivity index (χ3v) is 2.76. The van der Waals surface area contributed by atoms with Gasteiger partial charge in [0, 0.05) is 19.4 Å². The van der Waals surface area contributed by atoms with Crippen LogP contribution in [0.4, 0.5) is 11.6 Å².